The Morgan fingerprint density at radius 3 is 2.38 bits per heavy atom. The topological polar surface area (TPSA) is 226 Å². The van der Waals surface area contributed by atoms with E-state index in [1.54, 1.807) is 0 Å². The lowest BCUT2D eigenvalue weighted by Gasteiger charge is -2.24. The number of rotatable bonds is 14. The van der Waals surface area contributed by atoms with Gasteiger partial charge in [0.05, 0.1) is 25.5 Å². The Balaban J connectivity index is 3.00. The van der Waals surface area contributed by atoms with Gasteiger partial charge in [0.2, 0.25) is 17.7 Å². The normalized spacial score (nSPS) is 14.3. The molecule has 3 atom stereocenters. The molecule has 32 heavy (non-hydrogen) atoms. The molecule has 3 amide bonds. The van der Waals surface area contributed by atoms with Crippen LogP contribution in [0.3, 0.4) is 0 Å². The zero-order valence-electron chi connectivity index (χ0n) is 17.7. The van der Waals surface area contributed by atoms with Crippen molar-refractivity contribution in [3.63, 3.8) is 0 Å². The molecule has 1 rings (SSSR count). The molecule has 0 unspecified atom stereocenters. The minimum absolute atomic E-state index is 0.0322. The fourth-order valence-corrected chi connectivity index (χ4v) is 2.99. The van der Waals surface area contributed by atoms with E-state index in [0.29, 0.717) is 18.4 Å². The van der Waals surface area contributed by atoms with Crippen LogP contribution in [0, 0.1) is 5.92 Å². The molecule has 14 nitrogen and oxygen atoms in total. The molecule has 0 saturated carbocycles. The lowest BCUT2D eigenvalue weighted by molar-refractivity contribution is -0.133. The maximum atomic E-state index is 12.8. The zero-order valence-corrected chi connectivity index (χ0v) is 18.6. The first-order chi connectivity index (χ1) is 14.9. The van der Waals surface area contributed by atoms with Crippen LogP contribution in [-0.2, 0) is 34.7 Å². The summed E-state index contributed by atoms with van der Waals surface area (Å²) in [4.78, 5) is 72.9. The van der Waals surface area contributed by atoms with Gasteiger partial charge >= 0.3 is 7.82 Å². The molecule has 0 spiro atoms. The Hall–Kier alpha value is -2.64. The standard InChI is InChI=1S/C17H29N6O8P/c1-10(2)3-12(7-24)21-17(27)14(8-31-32(28,29)30)23-16(26)13(22-15(25)5-18)4-11-6-19-9-20-11/h6-7,9-10,12-14H,3-5,8,18H2,1-2H3,(H,19,20)(H,21,27)(H,22,25)(H,23,26)(H2,28,29,30)/t12-,13-,14-/m0/s1. The third kappa shape index (κ3) is 10.6. The van der Waals surface area contributed by atoms with Crippen LogP contribution in [0.15, 0.2) is 12.5 Å². The van der Waals surface area contributed by atoms with Gasteiger partial charge in [-0.25, -0.2) is 9.55 Å². The number of H-pyrrole nitrogens is 1. The number of carbonyl (C=O) groups is 4. The third-order valence-electron chi connectivity index (χ3n) is 4.08. The molecular formula is C17H29N6O8P. The number of imidazole rings is 1. The number of aromatic amines is 1. The number of amides is 3. The first-order valence-corrected chi connectivity index (χ1v) is 11.2. The van der Waals surface area contributed by atoms with Crippen molar-refractivity contribution in [2.24, 2.45) is 11.7 Å². The quantitative estimate of drug-likeness (QED) is 0.112. The molecule has 8 N–H and O–H groups in total. The summed E-state index contributed by atoms with van der Waals surface area (Å²) in [5.74, 6) is -2.32. The molecule has 1 aromatic heterocycles. The van der Waals surface area contributed by atoms with Crippen molar-refractivity contribution in [3.8, 4) is 0 Å². The Morgan fingerprint density at radius 2 is 1.88 bits per heavy atom. The highest BCUT2D eigenvalue weighted by Crippen LogP contribution is 2.35. The highest BCUT2D eigenvalue weighted by atomic mass is 31.2. The lowest BCUT2D eigenvalue weighted by Crippen LogP contribution is -2.57. The molecule has 0 aliphatic carbocycles. The van der Waals surface area contributed by atoms with E-state index in [2.05, 4.69) is 30.4 Å². The Bertz CT molecular complexity index is 812. The van der Waals surface area contributed by atoms with E-state index in [4.69, 9.17) is 15.5 Å². The summed E-state index contributed by atoms with van der Waals surface area (Å²) in [6, 6.07) is -3.63. The molecule has 0 aliphatic heterocycles. The molecule has 0 aliphatic rings. The van der Waals surface area contributed by atoms with Crippen LogP contribution in [0.25, 0.3) is 0 Å². The first-order valence-electron chi connectivity index (χ1n) is 9.68. The Kier molecular flexibility index (Phi) is 11.2. The van der Waals surface area contributed by atoms with Crippen molar-refractivity contribution in [1.82, 2.24) is 25.9 Å². The third-order valence-corrected chi connectivity index (χ3v) is 4.56. The Morgan fingerprint density at radius 1 is 1.22 bits per heavy atom. The van der Waals surface area contributed by atoms with E-state index in [1.807, 2.05) is 13.8 Å². The second-order valence-electron chi connectivity index (χ2n) is 7.33. The lowest BCUT2D eigenvalue weighted by atomic mass is 10.0. The fraction of sp³-hybridized carbons (Fsp3) is 0.588. The van der Waals surface area contributed by atoms with Crippen LogP contribution in [0.1, 0.15) is 26.0 Å². The predicted octanol–water partition coefficient (Wildman–Crippen LogP) is -2.28. The van der Waals surface area contributed by atoms with Crippen LogP contribution >= 0.6 is 7.82 Å². The number of hydrogen-bond donors (Lipinski definition) is 7. The average Bonchev–Trinajstić information content (AvgIpc) is 3.21. The number of nitrogens with zero attached hydrogens (tertiary/aromatic N) is 1. The molecule has 1 heterocycles. The van der Waals surface area contributed by atoms with Crippen molar-refractivity contribution in [3.05, 3.63) is 18.2 Å². The van der Waals surface area contributed by atoms with Gasteiger partial charge in [-0.05, 0) is 12.3 Å². The van der Waals surface area contributed by atoms with Crippen LogP contribution in [0.5, 0.6) is 0 Å². The second kappa shape index (κ2) is 13.0. The summed E-state index contributed by atoms with van der Waals surface area (Å²) in [5, 5.41) is 7.08. The van der Waals surface area contributed by atoms with E-state index in [-0.39, 0.29) is 12.3 Å². The minimum Gasteiger partial charge on any atom is -0.348 e. The Labute approximate surface area is 184 Å². The van der Waals surface area contributed by atoms with Gasteiger partial charge in [-0.3, -0.25) is 18.9 Å². The van der Waals surface area contributed by atoms with E-state index in [0.717, 1.165) is 0 Å². The number of aldehydes is 1. The number of nitrogens with one attached hydrogen (secondary N) is 4. The van der Waals surface area contributed by atoms with Crippen LogP contribution in [0.4, 0.5) is 0 Å². The number of aromatic nitrogens is 2. The van der Waals surface area contributed by atoms with E-state index in [9.17, 15) is 23.7 Å². The van der Waals surface area contributed by atoms with Gasteiger partial charge in [0.1, 0.15) is 18.4 Å². The van der Waals surface area contributed by atoms with E-state index < -0.39 is 56.8 Å². The predicted molar refractivity (Wildman–Crippen MR) is 111 cm³/mol. The fourth-order valence-electron chi connectivity index (χ4n) is 2.65. The highest BCUT2D eigenvalue weighted by molar-refractivity contribution is 7.46. The summed E-state index contributed by atoms with van der Waals surface area (Å²) in [5.41, 5.74) is 5.77. The molecule has 180 valence electrons. The maximum Gasteiger partial charge on any atom is 0.469 e. The summed E-state index contributed by atoms with van der Waals surface area (Å²) in [6.07, 6.45) is 3.59. The van der Waals surface area contributed by atoms with Crippen molar-refractivity contribution >= 4 is 31.8 Å². The molecule has 15 heteroatoms. The smallest absolute Gasteiger partial charge is 0.348 e. The average molecular weight is 476 g/mol. The molecule has 1 aromatic rings. The second-order valence-corrected chi connectivity index (χ2v) is 8.57. The van der Waals surface area contributed by atoms with Gasteiger partial charge in [-0.15, -0.1) is 0 Å². The summed E-state index contributed by atoms with van der Waals surface area (Å²) >= 11 is 0. The summed E-state index contributed by atoms with van der Waals surface area (Å²) < 4.78 is 15.5. The summed E-state index contributed by atoms with van der Waals surface area (Å²) in [7, 11) is -4.96. The van der Waals surface area contributed by atoms with Crippen LogP contribution in [0.2, 0.25) is 0 Å². The van der Waals surface area contributed by atoms with Gasteiger partial charge < -0.3 is 41.2 Å². The van der Waals surface area contributed by atoms with Gasteiger partial charge in [-0.1, -0.05) is 13.8 Å². The highest BCUT2D eigenvalue weighted by Gasteiger charge is 2.30. The SMILES string of the molecule is CC(C)C[C@@H](C=O)NC(=O)[C@H](COP(=O)(O)O)NC(=O)[C@H](Cc1cnc[nH]1)NC(=O)CN. The van der Waals surface area contributed by atoms with Crippen LogP contribution < -0.4 is 21.7 Å². The van der Waals surface area contributed by atoms with Gasteiger partial charge in [0.15, 0.2) is 0 Å². The van der Waals surface area contributed by atoms with Gasteiger partial charge in [0, 0.05) is 18.3 Å². The maximum absolute atomic E-state index is 12.8. The summed E-state index contributed by atoms with van der Waals surface area (Å²) in [6.45, 7) is 2.39. The van der Waals surface area contributed by atoms with E-state index in [1.165, 1.54) is 12.5 Å². The number of hydrogen-bond acceptors (Lipinski definition) is 8. The molecule has 0 radical (unpaired) electrons. The molecular weight excluding hydrogens is 447 g/mol. The van der Waals surface area contributed by atoms with Gasteiger partial charge in [0.25, 0.3) is 0 Å². The monoisotopic (exact) mass is 476 g/mol. The number of nitrogens with two attached hydrogens (primary N) is 1. The molecule has 0 fully saturated rings. The first kappa shape index (κ1) is 27.4. The molecule has 0 saturated heterocycles. The number of phosphoric ester groups is 1. The van der Waals surface area contributed by atoms with E-state index >= 15 is 0 Å². The van der Waals surface area contributed by atoms with Crippen LogP contribution in [-0.4, -0.2) is 75.0 Å². The zero-order chi connectivity index (χ0) is 24.3. The van der Waals surface area contributed by atoms with Crippen molar-refractivity contribution in [1.29, 1.82) is 0 Å². The van der Waals surface area contributed by atoms with Crippen molar-refractivity contribution in [2.75, 3.05) is 13.2 Å². The number of phosphoric acid groups is 1. The minimum atomic E-state index is -4.96. The molecule has 0 aromatic carbocycles. The van der Waals surface area contributed by atoms with Crippen molar-refractivity contribution < 1.29 is 38.1 Å². The van der Waals surface area contributed by atoms with Gasteiger partial charge in [-0.2, -0.15) is 0 Å². The molecule has 0 bridgehead atoms. The van der Waals surface area contributed by atoms with Crippen molar-refractivity contribution in [2.45, 2.75) is 44.8 Å². The number of carbonyl (C=O) groups excluding carboxylic acids is 4. The largest absolute Gasteiger partial charge is 0.469 e.